The fraction of sp³-hybridized carbons (Fsp3) is 0.529. The first kappa shape index (κ1) is 37.6. The number of halogens is 2. The molecule has 0 atom stereocenters. The van der Waals surface area contributed by atoms with Crippen LogP contribution in [0.15, 0.2) is 48.6 Å². The van der Waals surface area contributed by atoms with Gasteiger partial charge in [-0.15, -0.1) is 17.5 Å². The normalized spacial score (nSPS) is 13.6. The summed E-state index contributed by atoms with van der Waals surface area (Å²) in [5, 5.41) is 1.17. The average Bonchev–Trinajstić information content (AvgIpc) is 3.41. The molecule has 0 spiro atoms. The summed E-state index contributed by atoms with van der Waals surface area (Å²) in [5.41, 5.74) is 8.57. The van der Waals surface area contributed by atoms with Crippen LogP contribution in [0, 0.1) is 12.1 Å². The van der Waals surface area contributed by atoms with Crippen LogP contribution in [-0.2, 0) is 40.6 Å². The molecule has 0 aliphatic heterocycles. The number of hydrogen-bond acceptors (Lipinski definition) is 0. The molecule has 0 fully saturated rings. The van der Waals surface area contributed by atoms with Crippen molar-refractivity contribution in [1.29, 1.82) is 0 Å². The first-order valence-corrected chi connectivity index (χ1v) is 18.5. The fourth-order valence-corrected chi connectivity index (χ4v) is 6.74. The molecule has 0 amide bonds. The third-order valence-corrected chi connectivity index (χ3v) is 20.6. The molecule has 4 heteroatoms. The van der Waals surface area contributed by atoms with Gasteiger partial charge in [-0.25, -0.2) is 12.2 Å². The monoisotopic (exact) mass is 644 g/mol. The maximum Gasteiger partial charge on any atom is -0.0132 e. The van der Waals surface area contributed by atoms with Crippen molar-refractivity contribution >= 4 is 5.43 Å². The van der Waals surface area contributed by atoms with Crippen LogP contribution in [0.3, 0.4) is 0 Å². The van der Waals surface area contributed by atoms with E-state index >= 15 is 0 Å². The van der Waals surface area contributed by atoms with Crippen LogP contribution in [0.25, 0.3) is 11.1 Å². The van der Waals surface area contributed by atoms with Crippen LogP contribution >= 0.6 is 0 Å². The Morgan fingerprint density at radius 1 is 0.737 bits per heavy atom. The van der Waals surface area contributed by atoms with Crippen molar-refractivity contribution in [2.45, 2.75) is 117 Å². The van der Waals surface area contributed by atoms with Crippen molar-refractivity contribution in [2.24, 2.45) is 0 Å². The Hall–Kier alpha value is -0.400. The van der Waals surface area contributed by atoms with Gasteiger partial charge in [0.15, 0.2) is 0 Å². The first-order chi connectivity index (χ1) is 16.3. The minimum Gasteiger partial charge on any atom is -1.00 e. The second-order valence-corrected chi connectivity index (χ2v) is 21.6. The minimum absolute atomic E-state index is 0. The summed E-state index contributed by atoms with van der Waals surface area (Å²) in [6.45, 7) is 27.9. The second kappa shape index (κ2) is 14.5. The molecule has 0 unspecified atom stereocenters. The van der Waals surface area contributed by atoms with Crippen molar-refractivity contribution in [3.05, 3.63) is 83.0 Å². The van der Waals surface area contributed by atoms with Crippen molar-refractivity contribution < 1.29 is 48.1 Å². The van der Waals surface area contributed by atoms with Crippen molar-refractivity contribution in [3.63, 3.8) is 0 Å². The van der Waals surface area contributed by atoms with Gasteiger partial charge in [0.25, 0.3) is 0 Å². The number of allylic oxidation sites excluding steroid dienone is 4. The Morgan fingerprint density at radius 3 is 1.66 bits per heavy atom. The van der Waals surface area contributed by atoms with E-state index in [9.17, 15) is 0 Å². The van der Waals surface area contributed by atoms with Gasteiger partial charge in [-0.05, 0) is 28.4 Å². The zero-order valence-corrected chi connectivity index (χ0v) is 30.8. The van der Waals surface area contributed by atoms with Crippen molar-refractivity contribution in [1.82, 2.24) is 0 Å². The van der Waals surface area contributed by atoms with Gasteiger partial charge in [-0.1, -0.05) is 65.3 Å². The summed E-state index contributed by atoms with van der Waals surface area (Å²) in [4.78, 5) is 0. The molecule has 2 aliphatic rings. The standard InChI is InChI=1S/C21H25.C8H18Si.C5H5.2ClH.Zr/c1-20(2,3)16-7-9-18-14(12-16)11-15-13-17(21(4,5)6)8-10-19(15)18;1-7(2,3)9-8(4,5)6;1-2-4-5-3-1;;;/h7-10,12H,11H2,1-6H3;1-6H3;1-3H,4H2;2*1H;/q-1;;-1;;;+2/p-2. The summed E-state index contributed by atoms with van der Waals surface area (Å²) in [6.07, 6.45) is 11.0. The van der Waals surface area contributed by atoms with E-state index in [1.165, 1.54) is 33.4 Å². The fourth-order valence-electron chi connectivity index (χ4n) is 4.49. The molecule has 0 bridgehead atoms. The zero-order chi connectivity index (χ0) is 27.5. The largest absolute Gasteiger partial charge is 1.00 e. The summed E-state index contributed by atoms with van der Waals surface area (Å²) < 4.78 is 0. The van der Waals surface area contributed by atoms with Crippen LogP contribution < -0.4 is 24.8 Å². The molecule has 208 valence electrons. The van der Waals surface area contributed by atoms with E-state index in [2.05, 4.69) is 132 Å². The molecule has 0 nitrogen and oxygen atoms in total. The summed E-state index contributed by atoms with van der Waals surface area (Å²) >= 11 is 1.77. The Morgan fingerprint density at radius 2 is 1.29 bits per heavy atom. The molecule has 0 radical (unpaired) electrons. The Bertz CT molecular complexity index is 1040. The SMILES string of the molecule is CC(C)(C)[Si](=[Zr+2])C(C)(C)C.CC(C)(C)c1[c-]c2c(cc1)-c1ccc(C(C)(C)C)cc1C2.[C-]1=CC=CC1.[Cl-].[Cl-]. The molecule has 2 aromatic rings. The van der Waals surface area contributed by atoms with E-state index < -0.39 is 0 Å². The molecule has 4 rings (SSSR count). The van der Waals surface area contributed by atoms with Gasteiger partial charge < -0.3 is 24.8 Å². The summed E-state index contributed by atoms with van der Waals surface area (Å²) in [7, 11) is 0. The molecule has 0 aromatic heterocycles. The third-order valence-electron chi connectivity index (χ3n) is 6.55. The van der Waals surface area contributed by atoms with Gasteiger partial charge in [-0.3, -0.25) is 6.08 Å². The van der Waals surface area contributed by atoms with Gasteiger partial charge in [0.05, 0.1) is 0 Å². The van der Waals surface area contributed by atoms with Crippen molar-refractivity contribution in [2.75, 3.05) is 0 Å². The Labute approximate surface area is 262 Å². The van der Waals surface area contributed by atoms with E-state index in [1.54, 1.807) is 23.3 Å². The first-order valence-electron chi connectivity index (χ1n) is 13.3. The quantitative estimate of drug-likeness (QED) is 0.255. The van der Waals surface area contributed by atoms with Crippen LogP contribution in [-0.4, -0.2) is 5.43 Å². The van der Waals surface area contributed by atoms with Gasteiger partial charge in [0, 0.05) is 0 Å². The van der Waals surface area contributed by atoms with Crippen molar-refractivity contribution in [3.8, 4) is 11.1 Å². The third kappa shape index (κ3) is 10.9. The number of rotatable bonds is 0. The van der Waals surface area contributed by atoms with Gasteiger partial charge in [0.2, 0.25) is 0 Å². The minimum atomic E-state index is -0.131. The Balaban J connectivity index is 0.000000676. The van der Waals surface area contributed by atoms with Crippen LogP contribution in [0.1, 0.15) is 112 Å². The van der Waals surface area contributed by atoms with Gasteiger partial charge in [-0.2, -0.15) is 29.8 Å². The van der Waals surface area contributed by atoms with E-state index in [0.29, 0.717) is 10.1 Å². The predicted octanol–water partition coefficient (Wildman–Crippen LogP) is 4.09. The molecular weight excluding hydrogens is 599 g/mol. The van der Waals surface area contributed by atoms with Crippen LogP contribution in [0.2, 0.25) is 10.1 Å². The molecule has 2 aromatic carbocycles. The number of fused-ring (bicyclic) bond motifs is 3. The molecule has 0 heterocycles. The number of benzene rings is 2. The Kier molecular flexibility index (Phi) is 14.3. The molecule has 0 saturated carbocycles. The average molecular weight is 647 g/mol. The van der Waals surface area contributed by atoms with Gasteiger partial charge >= 0.3 is 80.4 Å². The molecule has 2 aliphatic carbocycles. The van der Waals surface area contributed by atoms with E-state index in [4.69, 9.17) is 0 Å². The molecular formula is C34H48Cl2SiZr-2. The second-order valence-electron chi connectivity index (χ2n) is 14.2. The molecule has 0 N–H and O–H groups in total. The van der Waals surface area contributed by atoms with Gasteiger partial charge in [0.1, 0.15) is 0 Å². The van der Waals surface area contributed by atoms with Crippen LogP contribution in [0.5, 0.6) is 0 Å². The van der Waals surface area contributed by atoms with E-state index in [-0.39, 0.29) is 41.1 Å². The van der Waals surface area contributed by atoms with Crippen LogP contribution in [0.4, 0.5) is 0 Å². The van der Waals surface area contributed by atoms with E-state index in [0.717, 1.165) is 12.8 Å². The molecule has 38 heavy (non-hydrogen) atoms. The predicted molar refractivity (Wildman–Crippen MR) is 158 cm³/mol. The summed E-state index contributed by atoms with van der Waals surface area (Å²) in [6, 6.07) is 15.2. The maximum atomic E-state index is 3.67. The summed E-state index contributed by atoms with van der Waals surface area (Å²) in [5.74, 6) is 0. The maximum absolute atomic E-state index is 3.67. The van der Waals surface area contributed by atoms with E-state index in [1.807, 2.05) is 12.2 Å². The smallest absolute Gasteiger partial charge is 0.0132 e. The number of hydrogen-bond donors (Lipinski definition) is 0. The molecule has 0 saturated heterocycles. The topological polar surface area (TPSA) is 0 Å². The zero-order valence-electron chi connectivity index (χ0n) is 25.8.